The molecule has 0 aliphatic carbocycles. The number of carbonyl (C=O) groups excluding carboxylic acids is 1. The lowest BCUT2D eigenvalue weighted by molar-refractivity contribution is -0.110. The molecule has 4 nitrogen and oxygen atoms in total. The smallest absolute Gasteiger partial charge is 0.195 e. The van der Waals surface area contributed by atoms with Crippen LogP contribution in [0.15, 0.2) is 29.4 Å². The van der Waals surface area contributed by atoms with Gasteiger partial charge in [0.1, 0.15) is 12.9 Å². The van der Waals surface area contributed by atoms with E-state index in [1.165, 1.54) is 0 Å². The number of carbonyl (C=O) groups is 1. The molecule has 0 saturated carbocycles. The first-order valence-electron chi connectivity index (χ1n) is 5.90. The largest absolute Gasteiger partial charge is 0.387 e. The van der Waals surface area contributed by atoms with Crippen LogP contribution in [0.2, 0.25) is 0 Å². The minimum atomic E-state index is -2.40. The predicted octanol–water partition coefficient (Wildman–Crippen LogP) is 2.56. The Morgan fingerprint density at radius 2 is 2.16 bits per heavy atom. The average Bonchev–Trinajstić information content (AvgIpc) is 2.86. The van der Waals surface area contributed by atoms with Gasteiger partial charge in [-0.25, -0.2) is 0 Å². The van der Waals surface area contributed by atoms with E-state index in [-0.39, 0.29) is 17.8 Å². The van der Waals surface area contributed by atoms with E-state index in [4.69, 9.17) is 16.4 Å². The average molecular weight is 300 g/mol. The lowest BCUT2D eigenvalue weighted by Crippen LogP contribution is -2.17. The minimum absolute atomic E-state index is 0.101. The molecular formula is C13H15ClNO3P. The number of hydrogen-bond donors (Lipinski definition) is 0. The molecule has 102 valence electrons. The second-order valence-electron chi connectivity index (χ2n) is 4.80. The summed E-state index contributed by atoms with van der Waals surface area (Å²) in [6, 6.07) is 7.41. The van der Waals surface area contributed by atoms with Gasteiger partial charge in [-0.2, -0.15) is 0 Å². The number of hydrogen-bond acceptors (Lipinski definition) is 4. The van der Waals surface area contributed by atoms with E-state index in [1.54, 1.807) is 13.3 Å². The van der Waals surface area contributed by atoms with Crippen molar-refractivity contribution in [3.05, 3.63) is 29.8 Å². The summed E-state index contributed by atoms with van der Waals surface area (Å²) < 4.78 is 12.3. The maximum absolute atomic E-state index is 12.3. The molecule has 0 bridgehead atoms. The van der Waals surface area contributed by atoms with Gasteiger partial charge in [0.2, 0.25) is 0 Å². The molecule has 1 unspecified atom stereocenters. The summed E-state index contributed by atoms with van der Waals surface area (Å²) in [6.07, 6.45) is 0.0225. The van der Waals surface area contributed by atoms with Crippen molar-refractivity contribution in [3.63, 3.8) is 0 Å². The van der Waals surface area contributed by atoms with E-state index >= 15 is 0 Å². The number of alkyl halides is 1. The molecule has 19 heavy (non-hydrogen) atoms. The van der Waals surface area contributed by atoms with Gasteiger partial charge in [0.05, 0.1) is 5.88 Å². The molecule has 1 aromatic carbocycles. The second kappa shape index (κ2) is 5.48. The Kier molecular flexibility index (Phi) is 4.12. The topological polar surface area (TPSA) is 55.7 Å². The fourth-order valence-electron chi connectivity index (χ4n) is 2.04. The van der Waals surface area contributed by atoms with Crippen molar-refractivity contribution >= 4 is 35.5 Å². The van der Waals surface area contributed by atoms with Crippen LogP contribution >= 0.6 is 18.7 Å². The number of oxime groups is 1. The maximum Gasteiger partial charge on any atom is 0.195 e. The van der Waals surface area contributed by atoms with E-state index < -0.39 is 7.14 Å². The molecule has 0 radical (unpaired) electrons. The van der Waals surface area contributed by atoms with Crippen molar-refractivity contribution in [1.29, 1.82) is 0 Å². The van der Waals surface area contributed by atoms with Gasteiger partial charge in [0, 0.05) is 17.3 Å². The van der Waals surface area contributed by atoms with E-state index in [9.17, 15) is 9.36 Å². The molecule has 1 aliphatic heterocycles. The number of benzene rings is 1. The number of ketones is 1. The van der Waals surface area contributed by atoms with E-state index in [0.29, 0.717) is 12.1 Å². The molecule has 1 heterocycles. The van der Waals surface area contributed by atoms with E-state index in [2.05, 4.69) is 5.16 Å². The fraction of sp³-hybridized carbons (Fsp3) is 0.385. The standard InChI is InChI=1S/C13H15ClNO3P/c1-19(2,17)13-6-4-3-5-9(13)12-7-10(15-18-12)11(16)8-14/h3-6,12H,7-8H2,1-2H3. The van der Waals surface area contributed by atoms with Crippen LogP contribution in [0.25, 0.3) is 0 Å². The van der Waals surface area contributed by atoms with Crippen LogP contribution in [-0.2, 0) is 14.2 Å². The first-order valence-corrected chi connectivity index (χ1v) is 9.03. The summed E-state index contributed by atoms with van der Waals surface area (Å²) in [5.41, 5.74) is 1.17. The number of rotatable bonds is 4. The Balaban J connectivity index is 2.27. The zero-order chi connectivity index (χ0) is 14.0. The predicted molar refractivity (Wildman–Crippen MR) is 77.1 cm³/mol. The summed E-state index contributed by atoms with van der Waals surface area (Å²) in [6.45, 7) is 3.43. The first-order chi connectivity index (χ1) is 8.93. The second-order valence-corrected chi connectivity index (χ2v) is 8.25. The molecule has 0 N–H and O–H groups in total. The Hall–Kier alpha value is -1.12. The van der Waals surface area contributed by atoms with Gasteiger partial charge < -0.3 is 9.40 Å². The van der Waals surface area contributed by atoms with Crippen molar-refractivity contribution in [2.45, 2.75) is 12.5 Å². The molecule has 0 saturated heterocycles. The van der Waals surface area contributed by atoms with Crippen LogP contribution in [-0.4, -0.2) is 30.7 Å². The highest BCUT2D eigenvalue weighted by Crippen LogP contribution is 2.39. The molecule has 0 aromatic heterocycles. The van der Waals surface area contributed by atoms with Crippen molar-refractivity contribution in [3.8, 4) is 0 Å². The third kappa shape index (κ3) is 3.07. The summed E-state index contributed by atoms with van der Waals surface area (Å²) >= 11 is 5.50. The van der Waals surface area contributed by atoms with Crippen molar-refractivity contribution in [1.82, 2.24) is 0 Å². The van der Waals surface area contributed by atoms with Gasteiger partial charge in [-0.1, -0.05) is 29.4 Å². The van der Waals surface area contributed by atoms with Gasteiger partial charge in [-0.3, -0.25) is 4.79 Å². The number of halogens is 1. The summed E-state index contributed by atoms with van der Waals surface area (Å²) in [7, 11) is -2.40. The molecule has 2 rings (SSSR count). The normalized spacial score (nSPS) is 18.9. The Labute approximate surface area is 117 Å². The molecule has 0 fully saturated rings. The molecule has 0 spiro atoms. The third-order valence-electron chi connectivity index (χ3n) is 2.98. The Morgan fingerprint density at radius 1 is 1.47 bits per heavy atom. The highest BCUT2D eigenvalue weighted by atomic mass is 35.5. The van der Waals surface area contributed by atoms with Crippen molar-refractivity contribution in [2.24, 2.45) is 5.16 Å². The lowest BCUT2D eigenvalue weighted by atomic mass is 10.0. The molecule has 1 aromatic rings. The van der Waals surface area contributed by atoms with Gasteiger partial charge >= 0.3 is 0 Å². The quantitative estimate of drug-likeness (QED) is 0.634. The van der Waals surface area contributed by atoms with Gasteiger partial charge in [0.15, 0.2) is 11.9 Å². The number of nitrogens with zero attached hydrogens (tertiary/aromatic N) is 1. The van der Waals surface area contributed by atoms with Gasteiger partial charge in [-0.05, 0) is 13.3 Å². The van der Waals surface area contributed by atoms with Crippen LogP contribution in [0.3, 0.4) is 0 Å². The maximum atomic E-state index is 12.3. The molecular weight excluding hydrogens is 285 g/mol. The highest BCUT2D eigenvalue weighted by Gasteiger charge is 2.30. The summed E-state index contributed by atoms with van der Waals surface area (Å²) in [5.74, 6) is -0.325. The molecule has 1 atom stereocenters. The molecule has 6 heteroatoms. The first kappa shape index (κ1) is 14.3. The van der Waals surface area contributed by atoms with Gasteiger partial charge in [-0.15, -0.1) is 11.6 Å². The molecule has 0 amide bonds. The Morgan fingerprint density at radius 3 is 2.79 bits per heavy atom. The molecule has 1 aliphatic rings. The summed E-state index contributed by atoms with van der Waals surface area (Å²) in [5, 5.41) is 4.55. The Bertz CT molecular complexity index is 579. The van der Waals surface area contributed by atoms with E-state index in [0.717, 1.165) is 10.9 Å². The van der Waals surface area contributed by atoms with Crippen LogP contribution in [0.5, 0.6) is 0 Å². The van der Waals surface area contributed by atoms with Gasteiger partial charge in [0.25, 0.3) is 0 Å². The number of Topliss-reactive ketones (excluding diaryl/α,β-unsaturated/α-hetero) is 1. The van der Waals surface area contributed by atoms with Crippen LogP contribution in [0.4, 0.5) is 0 Å². The minimum Gasteiger partial charge on any atom is -0.387 e. The highest BCUT2D eigenvalue weighted by molar-refractivity contribution is 7.70. The monoisotopic (exact) mass is 299 g/mol. The third-order valence-corrected chi connectivity index (χ3v) is 4.79. The fourth-order valence-corrected chi connectivity index (χ4v) is 3.48. The zero-order valence-electron chi connectivity index (χ0n) is 10.8. The lowest BCUT2D eigenvalue weighted by Gasteiger charge is -2.16. The van der Waals surface area contributed by atoms with Crippen LogP contribution < -0.4 is 5.30 Å². The van der Waals surface area contributed by atoms with Crippen LogP contribution in [0.1, 0.15) is 18.1 Å². The van der Waals surface area contributed by atoms with Crippen molar-refractivity contribution in [2.75, 3.05) is 19.2 Å². The van der Waals surface area contributed by atoms with Crippen molar-refractivity contribution < 1.29 is 14.2 Å². The van der Waals surface area contributed by atoms with E-state index in [1.807, 2.05) is 24.3 Å². The SMILES string of the molecule is CP(C)(=O)c1ccccc1C1CC(C(=O)CCl)=NO1. The summed E-state index contributed by atoms with van der Waals surface area (Å²) in [4.78, 5) is 16.8. The zero-order valence-corrected chi connectivity index (χ0v) is 12.4. The van der Waals surface area contributed by atoms with Crippen LogP contribution in [0, 0.1) is 0 Å².